The summed E-state index contributed by atoms with van der Waals surface area (Å²) in [4.78, 5) is 0. The minimum absolute atomic E-state index is 0.0195. The van der Waals surface area contributed by atoms with Gasteiger partial charge in [0.25, 0.3) is 6.43 Å². The Morgan fingerprint density at radius 2 is 2.00 bits per heavy atom. The van der Waals surface area contributed by atoms with Gasteiger partial charge in [0, 0.05) is 22.6 Å². The summed E-state index contributed by atoms with van der Waals surface area (Å²) in [6.45, 7) is 0.820. The topological polar surface area (TPSA) is 29.9 Å². The van der Waals surface area contributed by atoms with Crippen molar-refractivity contribution in [3.8, 4) is 0 Å². The van der Waals surface area contributed by atoms with Crippen molar-refractivity contribution in [1.82, 2.24) is 15.1 Å². The second kappa shape index (κ2) is 6.23. The third-order valence-electron chi connectivity index (χ3n) is 3.57. The van der Waals surface area contributed by atoms with Crippen molar-refractivity contribution in [2.45, 2.75) is 38.4 Å². The van der Waals surface area contributed by atoms with Crippen LogP contribution in [0.3, 0.4) is 0 Å². The van der Waals surface area contributed by atoms with Gasteiger partial charge in [0.1, 0.15) is 5.69 Å². The maximum absolute atomic E-state index is 13.3. The second-order valence-electron chi connectivity index (χ2n) is 5.30. The summed E-state index contributed by atoms with van der Waals surface area (Å²) in [5.41, 5.74) is 1.56. The summed E-state index contributed by atoms with van der Waals surface area (Å²) in [5.74, 6) is 0. The van der Waals surface area contributed by atoms with E-state index in [2.05, 4.69) is 26.3 Å². The molecule has 0 saturated heterocycles. The lowest BCUT2D eigenvalue weighted by Crippen LogP contribution is -2.17. The summed E-state index contributed by atoms with van der Waals surface area (Å²) in [5, 5.41) is 7.40. The predicted octanol–water partition coefficient (Wildman–Crippen LogP) is 3.88. The minimum atomic E-state index is -2.51. The van der Waals surface area contributed by atoms with E-state index in [0.717, 1.165) is 22.9 Å². The maximum atomic E-state index is 13.3. The molecule has 0 bridgehead atoms. The third-order valence-corrected chi connectivity index (χ3v) is 4.10. The summed E-state index contributed by atoms with van der Waals surface area (Å²) in [7, 11) is 0. The smallest absolute Gasteiger partial charge is 0.280 e. The van der Waals surface area contributed by atoms with Crippen LogP contribution in [0.5, 0.6) is 0 Å². The van der Waals surface area contributed by atoms with Gasteiger partial charge in [-0.2, -0.15) is 5.10 Å². The van der Waals surface area contributed by atoms with E-state index in [0.29, 0.717) is 24.7 Å². The number of halogens is 3. The highest BCUT2D eigenvalue weighted by Crippen LogP contribution is 2.25. The van der Waals surface area contributed by atoms with Gasteiger partial charge >= 0.3 is 0 Å². The van der Waals surface area contributed by atoms with Crippen molar-refractivity contribution in [2.75, 3.05) is 0 Å². The molecule has 2 aromatic rings. The normalized spacial score (nSPS) is 14.9. The molecule has 112 valence electrons. The van der Waals surface area contributed by atoms with Gasteiger partial charge in [-0.1, -0.05) is 28.1 Å². The molecule has 0 atom stereocenters. The zero-order valence-electron chi connectivity index (χ0n) is 11.4. The third kappa shape index (κ3) is 3.68. The van der Waals surface area contributed by atoms with Gasteiger partial charge in [0.05, 0.1) is 12.7 Å². The molecule has 1 fully saturated rings. The van der Waals surface area contributed by atoms with Crippen LogP contribution in [0.25, 0.3) is 0 Å². The van der Waals surface area contributed by atoms with Crippen molar-refractivity contribution in [2.24, 2.45) is 0 Å². The van der Waals surface area contributed by atoms with Crippen molar-refractivity contribution >= 4 is 15.9 Å². The predicted molar refractivity (Wildman–Crippen MR) is 80.3 cm³/mol. The molecule has 3 nitrogen and oxygen atoms in total. The van der Waals surface area contributed by atoms with Gasteiger partial charge in [-0.05, 0) is 30.5 Å². The molecule has 1 N–H and O–H groups in total. The van der Waals surface area contributed by atoms with Crippen LogP contribution >= 0.6 is 15.9 Å². The fourth-order valence-corrected chi connectivity index (χ4v) is 2.52. The van der Waals surface area contributed by atoms with Gasteiger partial charge in [-0.3, -0.25) is 4.68 Å². The quantitative estimate of drug-likeness (QED) is 0.851. The van der Waals surface area contributed by atoms with E-state index < -0.39 is 6.43 Å². The number of benzene rings is 1. The van der Waals surface area contributed by atoms with E-state index in [-0.39, 0.29) is 5.69 Å². The molecule has 0 spiro atoms. The highest BCUT2D eigenvalue weighted by Gasteiger charge is 2.24. The fourth-order valence-electron chi connectivity index (χ4n) is 2.25. The number of aromatic nitrogens is 2. The summed E-state index contributed by atoms with van der Waals surface area (Å²) in [6.07, 6.45) is 1.31. The fraction of sp³-hybridized carbons (Fsp3) is 0.400. The number of hydrogen-bond donors (Lipinski definition) is 1. The van der Waals surface area contributed by atoms with Crippen LogP contribution in [0.1, 0.15) is 36.1 Å². The number of rotatable bonds is 6. The molecule has 6 heteroatoms. The van der Waals surface area contributed by atoms with E-state index in [1.807, 2.05) is 24.3 Å². The van der Waals surface area contributed by atoms with Crippen LogP contribution in [-0.4, -0.2) is 15.8 Å². The Kier molecular flexibility index (Phi) is 4.35. The van der Waals surface area contributed by atoms with Crippen LogP contribution in [0, 0.1) is 0 Å². The largest absolute Gasteiger partial charge is 0.310 e. The number of nitrogens with one attached hydrogen (secondary N) is 1. The Hall–Kier alpha value is -1.27. The Labute approximate surface area is 130 Å². The first-order valence-electron chi connectivity index (χ1n) is 6.94. The SMILES string of the molecule is FC(F)c1c(CNC2CC2)cnn1Cc1ccc(Br)cc1. The first-order valence-corrected chi connectivity index (χ1v) is 7.73. The molecular weight excluding hydrogens is 340 g/mol. The highest BCUT2D eigenvalue weighted by atomic mass is 79.9. The lowest BCUT2D eigenvalue weighted by Gasteiger charge is -2.10. The first kappa shape index (κ1) is 14.7. The van der Waals surface area contributed by atoms with Crippen LogP contribution in [0.4, 0.5) is 8.78 Å². The molecule has 0 unspecified atom stereocenters. The van der Waals surface area contributed by atoms with Gasteiger partial charge in [-0.15, -0.1) is 0 Å². The lowest BCUT2D eigenvalue weighted by molar-refractivity contribution is 0.138. The second-order valence-corrected chi connectivity index (χ2v) is 6.21. The van der Waals surface area contributed by atoms with Gasteiger partial charge in [-0.25, -0.2) is 8.78 Å². The average molecular weight is 356 g/mol. The van der Waals surface area contributed by atoms with E-state index in [1.54, 1.807) is 6.20 Å². The molecule has 3 rings (SSSR count). The molecule has 1 aromatic carbocycles. The van der Waals surface area contributed by atoms with Crippen molar-refractivity contribution < 1.29 is 8.78 Å². The monoisotopic (exact) mass is 355 g/mol. The van der Waals surface area contributed by atoms with Crippen LogP contribution in [0.2, 0.25) is 0 Å². The van der Waals surface area contributed by atoms with E-state index in [9.17, 15) is 8.78 Å². The van der Waals surface area contributed by atoms with Gasteiger partial charge in [0.15, 0.2) is 0 Å². The van der Waals surface area contributed by atoms with Crippen molar-refractivity contribution in [3.05, 3.63) is 51.8 Å². The zero-order chi connectivity index (χ0) is 14.8. The molecule has 1 aliphatic rings. The average Bonchev–Trinajstić information content (AvgIpc) is 3.20. The van der Waals surface area contributed by atoms with Crippen LogP contribution in [-0.2, 0) is 13.1 Å². The Balaban J connectivity index is 1.78. The molecule has 1 saturated carbocycles. The van der Waals surface area contributed by atoms with Crippen molar-refractivity contribution in [3.63, 3.8) is 0 Å². The molecule has 1 aromatic heterocycles. The number of alkyl halides is 2. The molecule has 1 heterocycles. The summed E-state index contributed by atoms with van der Waals surface area (Å²) in [6, 6.07) is 8.10. The molecule has 21 heavy (non-hydrogen) atoms. The summed E-state index contributed by atoms with van der Waals surface area (Å²) >= 11 is 3.36. The number of hydrogen-bond acceptors (Lipinski definition) is 2. The molecule has 0 aliphatic heterocycles. The lowest BCUT2D eigenvalue weighted by atomic mass is 10.2. The zero-order valence-corrected chi connectivity index (χ0v) is 13.0. The standard InChI is InChI=1S/C15H16BrF2N3/c16-12-3-1-10(2-4-12)9-21-14(15(17)18)11(8-20-21)7-19-13-5-6-13/h1-4,8,13,15,19H,5-7,9H2. The molecule has 0 radical (unpaired) electrons. The molecular formula is C15H16BrF2N3. The Bertz CT molecular complexity index is 606. The summed E-state index contributed by atoms with van der Waals surface area (Å²) < 4.78 is 29.0. The van der Waals surface area contributed by atoms with Crippen LogP contribution in [0.15, 0.2) is 34.9 Å². The van der Waals surface area contributed by atoms with E-state index >= 15 is 0 Å². The van der Waals surface area contributed by atoms with Gasteiger partial charge < -0.3 is 5.32 Å². The van der Waals surface area contributed by atoms with Crippen LogP contribution < -0.4 is 5.32 Å². The van der Waals surface area contributed by atoms with E-state index in [1.165, 1.54) is 4.68 Å². The van der Waals surface area contributed by atoms with Gasteiger partial charge in [0.2, 0.25) is 0 Å². The maximum Gasteiger partial charge on any atom is 0.280 e. The highest BCUT2D eigenvalue weighted by molar-refractivity contribution is 9.10. The Morgan fingerprint density at radius 1 is 1.29 bits per heavy atom. The number of nitrogens with zero attached hydrogens (tertiary/aromatic N) is 2. The Morgan fingerprint density at radius 3 is 2.62 bits per heavy atom. The van der Waals surface area contributed by atoms with Crippen molar-refractivity contribution in [1.29, 1.82) is 0 Å². The molecule has 1 aliphatic carbocycles. The minimum Gasteiger partial charge on any atom is -0.310 e. The first-order chi connectivity index (χ1) is 10.1. The van der Waals surface area contributed by atoms with E-state index in [4.69, 9.17) is 0 Å². The molecule has 0 amide bonds.